The van der Waals surface area contributed by atoms with E-state index in [2.05, 4.69) is 181 Å². The van der Waals surface area contributed by atoms with Crippen molar-refractivity contribution in [2.24, 2.45) is 0 Å². The van der Waals surface area contributed by atoms with Gasteiger partial charge in [0.15, 0.2) is 0 Å². The Morgan fingerprint density at radius 2 is 0.917 bits per heavy atom. The van der Waals surface area contributed by atoms with Crippen molar-refractivity contribution >= 4 is 49.8 Å². The lowest BCUT2D eigenvalue weighted by Gasteiger charge is -2.28. The zero-order chi connectivity index (χ0) is 31.9. The SMILES string of the molecule is c1ccc(-c2cc(-c3ccccc3)cc(N(c3cccc(-c4cccc5ccccc45)c3)c3cccc4oc5ccccc5c34)c2)cc1. The van der Waals surface area contributed by atoms with Crippen molar-refractivity contribution in [1.29, 1.82) is 0 Å². The van der Waals surface area contributed by atoms with Crippen LogP contribution in [-0.4, -0.2) is 0 Å². The number of para-hydroxylation sites is 1. The molecule has 0 aliphatic heterocycles. The second-order valence-electron chi connectivity index (χ2n) is 12.2. The molecule has 8 aromatic carbocycles. The lowest BCUT2D eigenvalue weighted by molar-refractivity contribution is 0.669. The normalized spacial score (nSPS) is 11.3. The van der Waals surface area contributed by atoms with Gasteiger partial charge in [-0.25, -0.2) is 0 Å². The van der Waals surface area contributed by atoms with E-state index < -0.39 is 0 Å². The van der Waals surface area contributed by atoms with Gasteiger partial charge in [0.25, 0.3) is 0 Å². The Morgan fingerprint density at radius 1 is 0.354 bits per heavy atom. The summed E-state index contributed by atoms with van der Waals surface area (Å²) < 4.78 is 6.42. The molecule has 9 aromatic rings. The van der Waals surface area contributed by atoms with Crippen molar-refractivity contribution in [1.82, 2.24) is 0 Å². The molecule has 0 amide bonds. The van der Waals surface area contributed by atoms with Gasteiger partial charge in [-0.05, 0) is 92.7 Å². The lowest BCUT2D eigenvalue weighted by atomic mass is 9.96. The molecule has 0 radical (unpaired) electrons. The summed E-state index contributed by atoms with van der Waals surface area (Å²) in [7, 11) is 0. The van der Waals surface area contributed by atoms with Gasteiger partial charge in [-0.15, -0.1) is 0 Å². The maximum absolute atomic E-state index is 6.42. The highest BCUT2D eigenvalue weighted by atomic mass is 16.3. The van der Waals surface area contributed by atoms with E-state index in [0.717, 1.165) is 50.1 Å². The molecule has 0 atom stereocenters. The summed E-state index contributed by atoms with van der Waals surface area (Å²) in [6.45, 7) is 0. The van der Waals surface area contributed by atoms with Gasteiger partial charge in [-0.3, -0.25) is 0 Å². The minimum atomic E-state index is 0.867. The molecule has 226 valence electrons. The second-order valence-corrected chi connectivity index (χ2v) is 12.2. The van der Waals surface area contributed by atoms with Crippen molar-refractivity contribution in [3.05, 3.63) is 188 Å². The summed E-state index contributed by atoms with van der Waals surface area (Å²) in [5, 5.41) is 4.66. The molecule has 1 aromatic heterocycles. The number of hydrogen-bond donors (Lipinski definition) is 0. The van der Waals surface area contributed by atoms with Gasteiger partial charge in [0.1, 0.15) is 11.2 Å². The second kappa shape index (κ2) is 11.8. The molecular formula is C46H31NO. The van der Waals surface area contributed by atoms with E-state index in [1.54, 1.807) is 0 Å². The predicted octanol–water partition coefficient (Wildman–Crippen LogP) is 13.2. The Bertz CT molecular complexity index is 2500. The fraction of sp³-hybridized carbons (Fsp3) is 0. The topological polar surface area (TPSA) is 16.4 Å². The van der Waals surface area contributed by atoms with E-state index in [-0.39, 0.29) is 0 Å². The third-order valence-electron chi connectivity index (χ3n) is 9.22. The van der Waals surface area contributed by atoms with Crippen LogP contribution in [0.2, 0.25) is 0 Å². The largest absolute Gasteiger partial charge is 0.456 e. The maximum Gasteiger partial charge on any atom is 0.137 e. The first kappa shape index (κ1) is 27.9. The Kier molecular flexibility index (Phi) is 6.84. The highest BCUT2D eigenvalue weighted by Crippen LogP contribution is 2.45. The number of anilines is 3. The number of fused-ring (bicyclic) bond motifs is 4. The minimum absolute atomic E-state index is 0.867. The zero-order valence-electron chi connectivity index (χ0n) is 26.3. The molecule has 0 spiro atoms. The summed E-state index contributed by atoms with van der Waals surface area (Å²) in [4.78, 5) is 2.40. The monoisotopic (exact) mass is 613 g/mol. The van der Waals surface area contributed by atoms with Crippen LogP contribution in [-0.2, 0) is 0 Å². The zero-order valence-corrected chi connectivity index (χ0v) is 26.3. The van der Waals surface area contributed by atoms with Gasteiger partial charge in [0, 0.05) is 16.8 Å². The predicted molar refractivity (Wildman–Crippen MR) is 202 cm³/mol. The molecule has 1 heterocycles. The molecule has 2 heteroatoms. The first-order valence-electron chi connectivity index (χ1n) is 16.3. The number of rotatable bonds is 6. The molecule has 0 saturated heterocycles. The Hall–Kier alpha value is -6.38. The summed E-state index contributed by atoms with van der Waals surface area (Å²) in [5.41, 5.74) is 12.0. The summed E-state index contributed by atoms with van der Waals surface area (Å²) in [5.74, 6) is 0. The molecular weight excluding hydrogens is 583 g/mol. The molecule has 9 rings (SSSR count). The van der Waals surface area contributed by atoms with E-state index >= 15 is 0 Å². The van der Waals surface area contributed by atoms with Crippen LogP contribution in [0.15, 0.2) is 192 Å². The van der Waals surface area contributed by atoms with Crippen molar-refractivity contribution in [2.75, 3.05) is 4.90 Å². The van der Waals surface area contributed by atoms with Gasteiger partial charge in [-0.1, -0.05) is 140 Å². The van der Waals surface area contributed by atoms with Crippen molar-refractivity contribution in [2.45, 2.75) is 0 Å². The van der Waals surface area contributed by atoms with E-state index in [1.165, 1.54) is 33.0 Å². The Labute approximate surface area is 279 Å². The Morgan fingerprint density at radius 3 is 1.69 bits per heavy atom. The molecule has 0 N–H and O–H groups in total. The van der Waals surface area contributed by atoms with Crippen LogP contribution in [0, 0.1) is 0 Å². The minimum Gasteiger partial charge on any atom is -0.456 e. The van der Waals surface area contributed by atoms with E-state index in [1.807, 2.05) is 12.1 Å². The van der Waals surface area contributed by atoms with Crippen LogP contribution in [0.5, 0.6) is 0 Å². The molecule has 2 nitrogen and oxygen atoms in total. The standard InChI is InChI=1S/C46H31NO/c1-3-14-32(15-4-1)36-28-37(33-16-5-2-6-17-33)31-39(30-36)47(43-25-13-27-45-46(43)42-23-9-10-26-44(42)48-45)38-21-11-20-35(29-38)41-24-12-19-34-18-7-8-22-40(34)41/h1-31H. The van der Waals surface area contributed by atoms with Gasteiger partial charge in [-0.2, -0.15) is 0 Å². The van der Waals surface area contributed by atoms with Crippen LogP contribution in [0.1, 0.15) is 0 Å². The number of furan rings is 1. The van der Waals surface area contributed by atoms with Gasteiger partial charge >= 0.3 is 0 Å². The first-order chi connectivity index (χ1) is 23.8. The lowest BCUT2D eigenvalue weighted by Crippen LogP contribution is -2.11. The van der Waals surface area contributed by atoms with Gasteiger partial charge in [0.2, 0.25) is 0 Å². The van der Waals surface area contributed by atoms with Crippen LogP contribution in [0.3, 0.4) is 0 Å². The molecule has 0 saturated carbocycles. The maximum atomic E-state index is 6.42. The van der Waals surface area contributed by atoms with E-state index in [9.17, 15) is 0 Å². The number of nitrogens with zero attached hydrogens (tertiary/aromatic N) is 1. The van der Waals surface area contributed by atoms with Gasteiger partial charge < -0.3 is 9.32 Å². The smallest absolute Gasteiger partial charge is 0.137 e. The molecule has 0 aliphatic carbocycles. The average molecular weight is 614 g/mol. The number of benzene rings is 8. The van der Waals surface area contributed by atoms with Crippen LogP contribution in [0.4, 0.5) is 17.1 Å². The molecule has 0 aliphatic rings. The quantitative estimate of drug-likeness (QED) is 0.185. The summed E-state index contributed by atoms with van der Waals surface area (Å²) in [6, 6.07) is 67.0. The van der Waals surface area contributed by atoms with Crippen LogP contribution in [0.25, 0.3) is 66.1 Å². The van der Waals surface area contributed by atoms with E-state index in [4.69, 9.17) is 4.42 Å². The van der Waals surface area contributed by atoms with Crippen LogP contribution >= 0.6 is 0 Å². The number of hydrogen-bond acceptors (Lipinski definition) is 2. The summed E-state index contributed by atoms with van der Waals surface area (Å²) in [6.07, 6.45) is 0. The fourth-order valence-electron chi connectivity index (χ4n) is 6.99. The molecule has 0 bridgehead atoms. The highest BCUT2D eigenvalue weighted by Gasteiger charge is 2.21. The molecule has 48 heavy (non-hydrogen) atoms. The highest BCUT2D eigenvalue weighted by molar-refractivity contribution is 6.13. The molecule has 0 unspecified atom stereocenters. The van der Waals surface area contributed by atoms with Crippen LogP contribution < -0.4 is 4.90 Å². The van der Waals surface area contributed by atoms with E-state index in [0.29, 0.717) is 0 Å². The third-order valence-corrected chi connectivity index (χ3v) is 9.22. The van der Waals surface area contributed by atoms with Crippen molar-refractivity contribution in [3.63, 3.8) is 0 Å². The first-order valence-corrected chi connectivity index (χ1v) is 16.3. The average Bonchev–Trinajstić information content (AvgIpc) is 3.55. The fourth-order valence-corrected chi connectivity index (χ4v) is 6.99. The Balaban J connectivity index is 1.34. The van der Waals surface area contributed by atoms with Crippen molar-refractivity contribution < 1.29 is 4.42 Å². The van der Waals surface area contributed by atoms with Gasteiger partial charge in [0.05, 0.1) is 11.1 Å². The summed E-state index contributed by atoms with van der Waals surface area (Å²) >= 11 is 0. The van der Waals surface area contributed by atoms with Crippen molar-refractivity contribution in [3.8, 4) is 33.4 Å². The third kappa shape index (κ3) is 4.92. The molecule has 0 fully saturated rings.